The number of rotatable bonds is 4. The summed E-state index contributed by atoms with van der Waals surface area (Å²) in [5.74, 6) is -0.368. The summed E-state index contributed by atoms with van der Waals surface area (Å²) in [4.78, 5) is 10.9. The number of carbonyl (C=O) groups excluding carboxylic acids is 1. The van der Waals surface area contributed by atoms with Crippen LogP contribution in [0.25, 0.3) is 0 Å². The maximum absolute atomic E-state index is 10.9. The number of aliphatic hydroxyl groups is 1. The molecule has 1 heterocycles. The number of esters is 1. The second-order valence-electron chi connectivity index (χ2n) is 3.50. The Morgan fingerprint density at radius 3 is 2.62 bits per heavy atom. The van der Waals surface area contributed by atoms with Crippen LogP contribution in [-0.2, 0) is 14.3 Å². The van der Waals surface area contributed by atoms with Gasteiger partial charge in [0.25, 0.3) is 0 Å². The quantitative estimate of drug-likeness (QED) is 0.646. The van der Waals surface area contributed by atoms with E-state index < -0.39 is 6.10 Å². The first-order valence-electron chi connectivity index (χ1n) is 4.47. The molecule has 4 heteroatoms. The first kappa shape index (κ1) is 10.5. The van der Waals surface area contributed by atoms with Crippen LogP contribution in [0.2, 0.25) is 0 Å². The Kier molecular flexibility index (Phi) is 3.27. The Balaban J connectivity index is 2.45. The fourth-order valence-electron chi connectivity index (χ4n) is 1.45. The molecular weight excluding hydrogens is 172 g/mol. The van der Waals surface area contributed by atoms with Crippen LogP contribution in [0.3, 0.4) is 0 Å². The molecule has 1 aliphatic rings. The second-order valence-corrected chi connectivity index (χ2v) is 3.50. The van der Waals surface area contributed by atoms with E-state index in [4.69, 9.17) is 4.74 Å². The Morgan fingerprint density at radius 2 is 2.31 bits per heavy atom. The van der Waals surface area contributed by atoms with Crippen LogP contribution in [0.15, 0.2) is 0 Å². The minimum absolute atomic E-state index is 0.0632. The topological polar surface area (TPSA) is 55.8 Å². The zero-order valence-electron chi connectivity index (χ0n) is 8.08. The number of carbonyl (C=O) groups is 1. The minimum Gasteiger partial charge on any atom is -0.469 e. The molecule has 1 rings (SSSR count). The summed E-state index contributed by atoms with van der Waals surface area (Å²) in [5.41, 5.74) is -0.214. The molecule has 0 aromatic heterocycles. The average molecular weight is 188 g/mol. The lowest BCUT2D eigenvalue weighted by Crippen LogP contribution is -2.51. The van der Waals surface area contributed by atoms with E-state index in [1.165, 1.54) is 7.11 Å². The predicted octanol–water partition coefficient (Wildman–Crippen LogP) is 0.337. The fraction of sp³-hybridized carbons (Fsp3) is 0.889. The monoisotopic (exact) mass is 188 g/mol. The molecule has 1 atom stereocenters. The van der Waals surface area contributed by atoms with E-state index in [1.807, 2.05) is 6.92 Å². The summed E-state index contributed by atoms with van der Waals surface area (Å²) in [7, 11) is 1.32. The summed E-state index contributed by atoms with van der Waals surface area (Å²) in [5, 5.41) is 9.74. The van der Waals surface area contributed by atoms with Crippen LogP contribution in [-0.4, -0.2) is 37.5 Å². The van der Waals surface area contributed by atoms with Gasteiger partial charge in [0, 0.05) is 5.41 Å². The molecule has 4 nitrogen and oxygen atoms in total. The van der Waals surface area contributed by atoms with Crippen LogP contribution >= 0.6 is 0 Å². The number of methoxy groups -OCH3 is 1. The maximum atomic E-state index is 10.9. The number of ether oxygens (including phenoxy) is 2. The molecule has 0 amide bonds. The Hall–Kier alpha value is -0.610. The van der Waals surface area contributed by atoms with Crippen molar-refractivity contribution in [2.45, 2.75) is 25.9 Å². The van der Waals surface area contributed by atoms with Crippen molar-refractivity contribution in [2.75, 3.05) is 20.3 Å². The number of aliphatic hydroxyl groups excluding tert-OH is 1. The molecule has 0 aromatic rings. The predicted molar refractivity (Wildman–Crippen MR) is 46.2 cm³/mol. The van der Waals surface area contributed by atoms with Gasteiger partial charge < -0.3 is 14.6 Å². The minimum atomic E-state index is -0.640. The van der Waals surface area contributed by atoms with Crippen molar-refractivity contribution < 1.29 is 19.4 Å². The molecule has 0 bridgehead atoms. The van der Waals surface area contributed by atoms with Gasteiger partial charge >= 0.3 is 5.97 Å². The van der Waals surface area contributed by atoms with E-state index in [0.717, 1.165) is 6.42 Å². The van der Waals surface area contributed by atoms with Gasteiger partial charge in [-0.1, -0.05) is 6.92 Å². The zero-order chi connectivity index (χ0) is 9.90. The molecule has 13 heavy (non-hydrogen) atoms. The van der Waals surface area contributed by atoms with Crippen molar-refractivity contribution in [1.82, 2.24) is 0 Å². The SMILES string of the molecule is CCC1([C@@H](O)CC(=O)OC)COC1. The largest absolute Gasteiger partial charge is 0.469 e. The molecule has 1 fully saturated rings. The van der Waals surface area contributed by atoms with E-state index >= 15 is 0 Å². The smallest absolute Gasteiger partial charge is 0.308 e. The van der Waals surface area contributed by atoms with Gasteiger partial charge in [0.1, 0.15) is 0 Å². The van der Waals surface area contributed by atoms with Gasteiger partial charge in [-0.3, -0.25) is 4.79 Å². The van der Waals surface area contributed by atoms with E-state index in [0.29, 0.717) is 13.2 Å². The highest BCUT2D eigenvalue weighted by molar-refractivity contribution is 5.69. The third kappa shape index (κ3) is 2.00. The lowest BCUT2D eigenvalue weighted by atomic mass is 9.76. The van der Waals surface area contributed by atoms with Crippen molar-refractivity contribution in [3.8, 4) is 0 Å². The summed E-state index contributed by atoms with van der Waals surface area (Å²) in [6, 6.07) is 0. The molecule has 1 aliphatic heterocycles. The zero-order valence-corrected chi connectivity index (χ0v) is 8.08. The average Bonchev–Trinajstić information content (AvgIpc) is 2.03. The number of hydrogen-bond donors (Lipinski definition) is 1. The van der Waals surface area contributed by atoms with Gasteiger partial charge in [-0.15, -0.1) is 0 Å². The highest BCUT2D eigenvalue weighted by Gasteiger charge is 2.44. The van der Waals surface area contributed by atoms with Gasteiger partial charge in [0.15, 0.2) is 0 Å². The molecular formula is C9H16O4. The van der Waals surface area contributed by atoms with Gasteiger partial charge in [-0.05, 0) is 6.42 Å². The van der Waals surface area contributed by atoms with Gasteiger partial charge in [-0.25, -0.2) is 0 Å². The van der Waals surface area contributed by atoms with Gasteiger partial charge in [0.2, 0.25) is 0 Å². The molecule has 76 valence electrons. The first-order chi connectivity index (χ1) is 6.14. The van der Waals surface area contributed by atoms with E-state index in [-0.39, 0.29) is 17.8 Å². The van der Waals surface area contributed by atoms with Crippen LogP contribution in [0, 0.1) is 5.41 Å². The molecule has 1 N–H and O–H groups in total. The van der Waals surface area contributed by atoms with E-state index in [9.17, 15) is 9.90 Å². The van der Waals surface area contributed by atoms with Crippen molar-refractivity contribution in [3.63, 3.8) is 0 Å². The van der Waals surface area contributed by atoms with Crippen LogP contribution in [0.1, 0.15) is 19.8 Å². The summed E-state index contributed by atoms with van der Waals surface area (Å²) in [6.45, 7) is 3.08. The van der Waals surface area contributed by atoms with Gasteiger partial charge in [0.05, 0.1) is 32.8 Å². The molecule has 0 saturated carbocycles. The molecule has 0 spiro atoms. The lowest BCUT2D eigenvalue weighted by molar-refractivity contribution is -0.181. The number of hydrogen-bond acceptors (Lipinski definition) is 4. The standard InChI is InChI=1S/C9H16O4/c1-3-9(5-13-6-9)7(10)4-8(11)12-2/h7,10H,3-6H2,1-2H3/t7-/m0/s1. The third-order valence-electron chi connectivity index (χ3n) is 2.78. The molecule has 0 radical (unpaired) electrons. The van der Waals surface area contributed by atoms with Crippen LogP contribution < -0.4 is 0 Å². The Morgan fingerprint density at radius 1 is 1.69 bits per heavy atom. The van der Waals surface area contributed by atoms with Crippen molar-refractivity contribution in [3.05, 3.63) is 0 Å². The van der Waals surface area contributed by atoms with Gasteiger partial charge in [-0.2, -0.15) is 0 Å². The first-order valence-corrected chi connectivity index (χ1v) is 4.47. The summed E-state index contributed by atoms with van der Waals surface area (Å²) in [6.07, 6.45) is 0.248. The van der Waals surface area contributed by atoms with E-state index in [1.54, 1.807) is 0 Å². The normalized spacial score (nSPS) is 21.8. The Labute approximate surface area is 77.8 Å². The third-order valence-corrected chi connectivity index (χ3v) is 2.78. The molecule has 0 aromatic carbocycles. The fourth-order valence-corrected chi connectivity index (χ4v) is 1.45. The van der Waals surface area contributed by atoms with Crippen LogP contribution in [0.4, 0.5) is 0 Å². The highest BCUT2D eigenvalue weighted by Crippen LogP contribution is 2.36. The van der Waals surface area contributed by atoms with E-state index in [2.05, 4.69) is 4.74 Å². The molecule has 0 unspecified atom stereocenters. The summed E-state index contributed by atoms with van der Waals surface area (Å²) >= 11 is 0. The molecule has 1 saturated heterocycles. The van der Waals surface area contributed by atoms with Crippen molar-refractivity contribution in [2.24, 2.45) is 5.41 Å². The highest BCUT2D eigenvalue weighted by atomic mass is 16.5. The molecule has 0 aliphatic carbocycles. The van der Waals surface area contributed by atoms with Crippen molar-refractivity contribution in [1.29, 1.82) is 0 Å². The maximum Gasteiger partial charge on any atom is 0.308 e. The summed E-state index contributed by atoms with van der Waals surface area (Å²) < 4.78 is 9.54. The second kappa shape index (κ2) is 4.07. The Bertz CT molecular complexity index is 181. The lowest BCUT2D eigenvalue weighted by Gasteiger charge is -2.44. The van der Waals surface area contributed by atoms with Crippen molar-refractivity contribution >= 4 is 5.97 Å². The van der Waals surface area contributed by atoms with Crippen LogP contribution in [0.5, 0.6) is 0 Å².